The lowest BCUT2D eigenvalue weighted by atomic mass is 9.75. The van der Waals surface area contributed by atoms with Gasteiger partial charge in [0.15, 0.2) is 0 Å². The van der Waals surface area contributed by atoms with Crippen LogP contribution >= 0.6 is 0 Å². The van der Waals surface area contributed by atoms with E-state index in [1.807, 2.05) is 62.4 Å². The Labute approximate surface area is 198 Å². The summed E-state index contributed by atoms with van der Waals surface area (Å²) < 4.78 is 0. The molecule has 2 aliphatic rings. The number of rotatable bonds is 6. The van der Waals surface area contributed by atoms with E-state index in [2.05, 4.69) is 10.6 Å². The van der Waals surface area contributed by atoms with E-state index in [0.29, 0.717) is 12.1 Å². The van der Waals surface area contributed by atoms with E-state index in [1.54, 1.807) is 0 Å². The SMILES string of the molecule is Cc1cccc(C(=O)NC2CCC(CC3CCC(NC(=O)c4cccc(C)c4)CC3)CC2)c1. The topological polar surface area (TPSA) is 58.2 Å². The molecule has 4 nitrogen and oxygen atoms in total. The molecule has 0 aliphatic heterocycles. The molecule has 0 unspecified atom stereocenters. The van der Waals surface area contributed by atoms with Crippen molar-refractivity contribution in [3.8, 4) is 0 Å². The van der Waals surface area contributed by atoms with Crippen molar-refractivity contribution in [2.75, 3.05) is 0 Å². The molecule has 2 N–H and O–H groups in total. The Kier molecular flexibility index (Phi) is 7.85. The second-order valence-electron chi connectivity index (χ2n) is 10.4. The lowest BCUT2D eigenvalue weighted by Gasteiger charge is -2.34. The van der Waals surface area contributed by atoms with Crippen LogP contribution in [0, 0.1) is 25.7 Å². The van der Waals surface area contributed by atoms with Gasteiger partial charge in [-0.05, 0) is 108 Å². The molecule has 2 aromatic rings. The average molecular weight is 447 g/mol. The van der Waals surface area contributed by atoms with Crippen molar-refractivity contribution in [1.82, 2.24) is 10.6 Å². The number of carbonyl (C=O) groups excluding carboxylic acids is 2. The normalized spacial score (nSPS) is 25.3. The summed E-state index contributed by atoms with van der Waals surface area (Å²) in [5, 5.41) is 6.50. The van der Waals surface area contributed by atoms with Gasteiger partial charge in [0.1, 0.15) is 0 Å². The van der Waals surface area contributed by atoms with Crippen LogP contribution in [0.2, 0.25) is 0 Å². The number of carbonyl (C=O) groups is 2. The molecule has 0 radical (unpaired) electrons. The van der Waals surface area contributed by atoms with Crippen LogP contribution in [-0.4, -0.2) is 23.9 Å². The predicted octanol–water partition coefficient (Wildman–Crippen LogP) is 5.97. The summed E-state index contributed by atoms with van der Waals surface area (Å²) in [5.74, 6) is 1.68. The summed E-state index contributed by atoms with van der Waals surface area (Å²) in [6.07, 6.45) is 10.5. The first kappa shape index (κ1) is 23.5. The van der Waals surface area contributed by atoms with Gasteiger partial charge in [0, 0.05) is 23.2 Å². The van der Waals surface area contributed by atoms with Crippen LogP contribution in [0.1, 0.15) is 89.6 Å². The fourth-order valence-electron chi connectivity index (χ4n) is 5.67. The van der Waals surface area contributed by atoms with Gasteiger partial charge in [-0.15, -0.1) is 0 Å². The first-order chi connectivity index (χ1) is 16.0. The molecule has 33 heavy (non-hydrogen) atoms. The van der Waals surface area contributed by atoms with Crippen molar-refractivity contribution in [3.63, 3.8) is 0 Å². The van der Waals surface area contributed by atoms with E-state index < -0.39 is 0 Å². The summed E-state index contributed by atoms with van der Waals surface area (Å²) in [6, 6.07) is 16.3. The number of hydrogen-bond acceptors (Lipinski definition) is 2. The van der Waals surface area contributed by atoms with E-state index in [9.17, 15) is 9.59 Å². The minimum absolute atomic E-state index is 0.0631. The van der Waals surface area contributed by atoms with Gasteiger partial charge in [0.25, 0.3) is 11.8 Å². The number of amides is 2. The lowest BCUT2D eigenvalue weighted by molar-refractivity contribution is 0.0917. The molecule has 0 aromatic heterocycles. The fraction of sp³-hybridized carbons (Fsp3) is 0.517. The van der Waals surface area contributed by atoms with Crippen LogP contribution in [0.4, 0.5) is 0 Å². The van der Waals surface area contributed by atoms with Crippen LogP contribution < -0.4 is 10.6 Å². The van der Waals surface area contributed by atoms with E-state index in [0.717, 1.165) is 59.8 Å². The first-order valence-corrected chi connectivity index (χ1v) is 12.7. The van der Waals surface area contributed by atoms with Gasteiger partial charge < -0.3 is 10.6 Å². The van der Waals surface area contributed by atoms with Crippen LogP contribution in [0.5, 0.6) is 0 Å². The Bertz CT molecular complexity index is 876. The van der Waals surface area contributed by atoms with Crippen molar-refractivity contribution < 1.29 is 9.59 Å². The third-order valence-corrected chi connectivity index (χ3v) is 7.59. The van der Waals surface area contributed by atoms with Crippen molar-refractivity contribution in [3.05, 3.63) is 70.8 Å². The molecule has 0 heterocycles. The number of hydrogen-bond donors (Lipinski definition) is 2. The average Bonchev–Trinajstić information content (AvgIpc) is 2.81. The molecule has 0 spiro atoms. The minimum atomic E-state index is 0.0631. The highest BCUT2D eigenvalue weighted by atomic mass is 16.2. The van der Waals surface area contributed by atoms with Crippen LogP contribution in [0.25, 0.3) is 0 Å². The monoisotopic (exact) mass is 446 g/mol. The molecular weight excluding hydrogens is 408 g/mol. The van der Waals surface area contributed by atoms with Crippen LogP contribution in [-0.2, 0) is 0 Å². The van der Waals surface area contributed by atoms with Gasteiger partial charge in [-0.1, -0.05) is 35.4 Å². The largest absolute Gasteiger partial charge is 0.349 e. The Morgan fingerprint density at radius 3 is 1.42 bits per heavy atom. The second kappa shape index (κ2) is 11.0. The number of nitrogens with one attached hydrogen (secondary N) is 2. The Morgan fingerprint density at radius 2 is 1.06 bits per heavy atom. The van der Waals surface area contributed by atoms with Gasteiger partial charge in [-0.25, -0.2) is 0 Å². The van der Waals surface area contributed by atoms with Gasteiger partial charge in [-0.3, -0.25) is 9.59 Å². The third kappa shape index (κ3) is 6.69. The quantitative estimate of drug-likeness (QED) is 0.574. The van der Waals surface area contributed by atoms with Crippen LogP contribution in [0.3, 0.4) is 0 Å². The van der Waals surface area contributed by atoms with E-state index in [-0.39, 0.29) is 11.8 Å². The molecular formula is C29H38N2O2. The van der Waals surface area contributed by atoms with Crippen LogP contribution in [0.15, 0.2) is 48.5 Å². The van der Waals surface area contributed by atoms with Crippen molar-refractivity contribution in [2.24, 2.45) is 11.8 Å². The van der Waals surface area contributed by atoms with E-state index in [1.165, 1.54) is 32.1 Å². The zero-order valence-electron chi connectivity index (χ0n) is 20.1. The maximum atomic E-state index is 12.5. The van der Waals surface area contributed by atoms with Crippen molar-refractivity contribution in [1.29, 1.82) is 0 Å². The lowest BCUT2D eigenvalue weighted by Crippen LogP contribution is -2.39. The Morgan fingerprint density at radius 1 is 0.667 bits per heavy atom. The highest BCUT2D eigenvalue weighted by Gasteiger charge is 2.28. The summed E-state index contributed by atoms with van der Waals surface area (Å²) in [6.45, 7) is 4.04. The molecule has 0 saturated heterocycles. The standard InChI is InChI=1S/C29H38N2O2/c1-20-5-3-7-24(17-20)28(32)30-26-13-9-22(10-14-26)19-23-11-15-27(16-12-23)31-29(33)25-8-4-6-21(2)18-25/h3-8,17-18,22-23,26-27H,9-16,19H2,1-2H3,(H,30,32)(H,31,33). The van der Waals surface area contributed by atoms with Gasteiger partial charge in [0.05, 0.1) is 0 Å². The fourth-order valence-corrected chi connectivity index (χ4v) is 5.67. The van der Waals surface area contributed by atoms with Gasteiger partial charge in [-0.2, -0.15) is 0 Å². The van der Waals surface area contributed by atoms with Gasteiger partial charge >= 0.3 is 0 Å². The summed E-state index contributed by atoms with van der Waals surface area (Å²) in [7, 11) is 0. The van der Waals surface area contributed by atoms with E-state index >= 15 is 0 Å². The van der Waals surface area contributed by atoms with Crippen molar-refractivity contribution >= 4 is 11.8 Å². The maximum Gasteiger partial charge on any atom is 0.251 e. The molecule has 2 saturated carbocycles. The van der Waals surface area contributed by atoms with E-state index in [4.69, 9.17) is 0 Å². The predicted molar refractivity (Wildman–Crippen MR) is 133 cm³/mol. The molecule has 2 aromatic carbocycles. The molecule has 2 fully saturated rings. The molecule has 2 amide bonds. The van der Waals surface area contributed by atoms with Gasteiger partial charge in [0.2, 0.25) is 0 Å². The smallest absolute Gasteiger partial charge is 0.251 e. The zero-order chi connectivity index (χ0) is 23.2. The first-order valence-electron chi connectivity index (χ1n) is 12.7. The summed E-state index contributed by atoms with van der Waals surface area (Å²) in [5.41, 5.74) is 3.78. The highest BCUT2D eigenvalue weighted by molar-refractivity contribution is 5.95. The molecule has 0 bridgehead atoms. The summed E-state index contributed by atoms with van der Waals surface area (Å²) in [4.78, 5) is 25.1. The number of benzene rings is 2. The molecule has 4 heteroatoms. The second-order valence-corrected chi connectivity index (χ2v) is 10.4. The maximum absolute atomic E-state index is 12.5. The molecule has 2 aliphatic carbocycles. The highest BCUT2D eigenvalue weighted by Crippen LogP contribution is 2.35. The summed E-state index contributed by atoms with van der Waals surface area (Å²) >= 11 is 0. The molecule has 176 valence electrons. The zero-order valence-corrected chi connectivity index (χ0v) is 20.1. The third-order valence-electron chi connectivity index (χ3n) is 7.59. The minimum Gasteiger partial charge on any atom is -0.349 e. The number of aryl methyl sites for hydroxylation is 2. The Balaban J connectivity index is 1.15. The molecule has 0 atom stereocenters. The Hall–Kier alpha value is -2.62. The van der Waals surface area contributed by atoms with Crippen molar-refractivity contribution in [2.45, 2.75) is 83.7 Å². The molecule has 4 rings (SSSR count).